The third-order valence-corrected chi connectivity index (χ3v) is 3.12. The summed E-state index contributed by atoms with van der Waals surface area (Å²) in [6, 6.07) is 5.24. The fourth-order valence-corrected chi connectivity index (χ4v) is 2.12. The average Bonchev–Trinajstić information content (AvgIpc) is 2.34. The summed E-state index contributed by atoms with van der Waals surface area (Å²) < 4.78 is 0. The van der Waals surface area contributed by atoms with Crippen LogP contribution in [0.15, 0.2) is 18.2 Å². The molecule has 0 radical (unpaired) electrons. The standard InChI is InChI=1S/C14H18Cl2N2O2/c1-9(2)18-14(20)8-17-13(19)6-4-10-3-5-11(15)7-12(10)16/h3,5,7,9H,4,6,8H2,1-2H3,(H,17,19)(H,18,20). The third kappa shape index (κ3) is 6.26. The zero-order valence-corrected chi connectivity index (χ0v) is 13.0. The van der Waals surface area contributed by atoms with Gasteiger partial charge in [-0.2, -0.15) is 0 Å². The number of hydrogen-bond donors (Lipinski definition) is 2. The molecule has 110 valence electrons. The van der Waals surface area contributed by atoms with Gasteiger partial charge < -0.3 is 10.6 Å². The molecule has 0 aliphatic carbocycles. The van der Waals surface area contributed by atoms with E-state index >= 15 is 0 Å². The van der Waals surface area contributed by atoms with Gasteiger partial charge in [-0.15, -0.1) is 0 Å². The van der Waals surface area contributed by atoms with Gasteiger partial charge in [-0.3, -0.25) is 9.59 Å². The van der Waals surface area contributed by atoms with Gasteiger partial charge in [0.2, 0.25) is 11.8 Å². The van der Waals surface area contributed by atoms with Crippen LogP contribution in [0.2, 0.25) is 10.0 Å². The van der Waals surface area contributed by atoms with Gasteiger partial charge in [0.1, 0.15) is 0 Å². The Morgan fingerprint density at radius 1 is 1.20 bits per heavy atom. The topological polar surface area (TPSA) is 58.2 Å². The highest BCUT2D eigenvalue weighted by Gasteiger charge is 2.08. The average molecular weight is 317 g/mol. The molecule has 1 aromatic carbocycles. The molecule has 0 atom stereocenters. The molecule has 1 rings (SSSR count). The van der Waals surface area contributed by atoms with E-state index in [0.717, 1.165) is 5.56 Å². The van der Waals surface area contributed by atoms with E-state index in [4.69, 9.17) is 23.2 Å². The number of halogens is 2. The van der Waals surface area contributed by atoms with Crippen LogP contribution in [-0.4, -0.2) is 24.4 Å². The molecule has 0 aliphatic heterocycles. The monoisotopic (exact) mass is 316 g/mol. The van der Waals surface area contributed by atoms with Crippen molar-refractivity contribution in [3.63, 3.8) is 0 Å². The van der Waals surface area contributed by atoms with E-state index < -0.39 is 0 Å². The summed E-state index contributed by atoms with van der Waals surface area (Å²) in [4.78, 5) is 23.0. The van der Waals surface area contributed by atoms with Crippen molar-refractivity contribution in [2.75, 3.05) is 6.54 Å². The summed E-state index contributed by atoms with van der Waals surface area (Å²) in [6.07, 6.45) is 0.782. The summed E-state index contributed by atoms with van der Waals surface area (Å²) in [6.45, 7) is 3.72. The third-order valence-electron chi connectivity index (χ3n) is 2.53. The molecule has 0 heterocycles. The van der Waals surface area contributed by atoms with Gasteiger partial charge in [0.15, 0.2) is 0 Å². The number of rotatable bonds is 6. The lowest BCUT2D eigenvalue weighted by molar-refractivity contribution is -0.126. The van der Waals surface area contributed by atoms with Gasteiger partial charge in [0, 0.05) is 22.5 Å². The maximum Gasteiger partial charge on any atom is 0.239 e. The minimum atomic E-state index is -0.196. The second-order valence-electron chi connectivity index (χ2n) is 4.73. The zero-order valence-electron chi connectivity index (χ0n) is 11.5. The van der Waals surface area contributed by atoms with Crippen LogP contribution in [0.25, 0.3) is 0 Å². The fourth-order valence-electron chi connectivity index (χ4n) is 1.61. The lowest BCUT2D eigenvalue weighted by atomic mass is 10.1. The van der Waals surface area contributed by atoms with Crippen LogP contribution < -0.4 is 10.6 Å². The number of carbonyl (C=O) groups is 2. The van der Waals surface area contributed by atoms with Gasteiger partial charge >= 0.3 is 0 Å². The molecule has 1 aromatic rings. The van der Waals surface area contributed by atoms with Crippen LogP contribution in [0, 0.1) is 0 Å². The molecule has 2 amide bonds. The highest BCUT2D eigenvalue weighted by atomic mass is 35.5. The van der Waals surface area contributed by atoms with E-state index in [2.05, 4.69) is 10.6 Å². The molecule has 0 aliphatic rings. The van der Waals surface area contributed by atoms with Crippen molar-refractivity contribution in [1.29, 1.82) is 0 Å². The Kier molecular flexibility index (Phi) is 6.82. The van der Waals surface area contributed by atoms with Crippen LogP contribution in [0.1, 0.15) is 25.8 Å². The molecule has 0 saturated heterocycles. The Morgan fingerprint density at radius 2 is 1.90 bits per heavy atom. The lowest BCUT2D eigenvalue weighted by Crippen LogP contribution is -2.39. The number of amides is 2. The summed E-state index contributed by atoms with van der Waals surface area (Å²) in [5, 5.41) is 6.37. The largest absolute Gasteiger partial charge is 0.352 e. The first-order chi connectivity index (χ1) is 9.38. The predicted octanol–water partition coefficient (Wildman–Crippen LogP) is 2.57. The highest BCUT2D eigenvalue weighted by Crippen LogP contribution is 2.21. The number of benzene rings is 1. The van der Waals surface area contributed by atoms with E-state index in [1.807, 2.05) is 13.8 Å². The SMILES string of the molecule is CC(C)NC(=O)CNC(=O)CCc1ccc(Cl)cc1Cl. The first-order valence-corrected chi connectivity index (χ1v) is 7.14. The normalized spacial score (nSPS) is 10.4. The van der Waals surface area contributed by atoms with Crippen molar-refractivity contribution in [2.45, 2.75) is 32.7 Å². The Hall–Kier alpha value is -1.26. The van der Waals surface area contributed by atoms with E-state index in [1.165, 1.54) is 0 Å². The maximum atomic E-state index is 11.6. The molecule has 0 fully saturated rings. The first-order valence-electron chi connectivity index (χ1n) is 6.38. The van der Waals surface area contributed by atoms with Crippen molar-refractivity contribution in [3.05, 3.63) is 33.8 Å². The molecule has 0 saturated carbocycles. The Bertz CT molecular complexity index is 490. The Labute approximate surface area is 128 Å². The molecule has 0 aromatic heterocycles. The van der Waals surface area contributed by atoms with Gasteiger partial charge in [-0.05, 0) is 38.0 Å². The maximum absolute atomic E-state index is 11.6. The second kappa shape index (κ2) is 8.12. The first kappa shape index (κ1) is 16.8. The molecule has 4 nitrogen and oxygen atoms in total. The molecular weight excluding hydrogens is 299 g/mol. The predicted molar refractivity (Wildman–Crippen MR) is 81.1 cm³/mol. The zero-order chi connectivity index (χ0) is 15.1. The van der Waals surface area contributed by atoms with Gasteiger partial charge in [0.25, 0.3) is 0 Å². The molecule has 0 unspecified atom stereocenters. The van der Waals surface area contributed by atoms with Crippen LogP contribution in [-0.2, 0) is 16.0 Å². The Balaban J connectivity index is 2.34. The van der Waals surface area contributed by atoms with Crippen molar-refractivity contribution < 1.29 is 9.59 Å². The smallest absolute Gasteiger partial charge is 0.239 e. The summed E-state index contributed by atoms with van der Waals surface area (Å²) in [7, 11) is 0. The van der Waals surface area contributed by atoms with Crippen molar-refractivity contribution in [2.24, 2.45) is 0 Å². The van der Waals surface area contributed by atoms with Crippen LogP contribution in [0.3, 0.4) is 0 Å². The summed E-state index contributed by atoms with van der Waals surface area (Å²) in [5.74, 6) is -0.382. The number of aryl methyl sites for hydroxylation is 1. The Morgan fingerprint density at radius 3 is 2.50 bits per heavy atom. The van der Waals surface area contributed by atoms with Crippen molar-refractivity contribution in [3.8, 4) is 0 Å². The van der Waals surface area contributed by atoms with Crippen LogP contribution in [0.4, 0.5) is 0 Å². The lowest BCUT2D eigenvalue weighted by Gasteiger charge is -2.09. The summed E-state index contributed by atoms with van der Waals surface area (Å²) in [5.41, 5.74) is 0.859. The molecule has 6 heteroatoms. The molecule has 0 spiro atoms. The van der Waals surface area contributed by atoms with Crippen LogP contribution >= 0.6 is 23.2 Å². The van der Waals surface area contributed by atoms with Gasteiger partial charge in [-0.25, -0.2) is 0 Å². The van der Waals surface area contributed by atoms with Gasteiger partial charge in [0.05, 0.1) is 6.54 Å². The van der Waals surface area contributed by atoms with E-state index in [1.54, 1.807) is 18.2 Å². The highest BCUT2D eigenvalue weighted by molar-refractivity contribution is 6.35. The molecule has 0 bridgehead atoms. The quantitative estimate of drug-likeness (QED) is 0.847. The minimum absolute atomic E-state index is 0.00857. The summed E-state index contributed by atoms with van der Waals surface area (Å²) >= 11 is 11.8. The van der Waals surface area contributed by atoms with E-state index in [-0.39, 0.29) is 30.8 Å². The fraction of sp³-hybridized carbons (Fsp3) is 0.429. The molecule has 20 heavy (non-hydrogen) atoms. The van der Waals surface area contributed by atoms with Crippen LogP contribution in [0.5, 0.6) is 0 Å². The van der Waals surface area contributed by atoms with E-state index in [9.17, 15) is 9.59 Å². The van der Waals surface area contributed by atoms with Crippen molar-refractivity contribution in [1.82, 2.24) is 10.6 Å². The van der Waals surface area contributed by atoms with Crippen molar-refractivity contribution >= 4 is 35.0 Å². The molecule has 2 N–H and O–H groups in total. The molecular formula is C14H18Cl2N2O2. The number of hydrogen-bond acceptors (Lipinski definition) is 2. The van der Waals surface area contributed by atoms with E-state index in [0.29, 0.717) is 16.5 Å². The second-order valence-corrected chi connectivity index (χ2v) is 5.58. The number of nitrogens with one attached hydrogen (secondary N) is 2. The minimum Gasteiger partial charge on any atom is -0.352 e. The number of carbonyl (C=O) groups excluding carboxylic acids is 2. The van der Waals surface area contributed by atoms with Gasteiger partial charge in [-0.1, -0.05) is 29.3 Å².